The Bertz CT molecular complexity index is 797. The second-order valence-electron chi connectivity index (χ2n) is 7.90. The van der Waals surface area contributed by atoms with Gasteiger partial charge in [0.15, 0.2) is 5.17 Å². The molecule has 27 heavy (non-hydrogen) atoms. The number of amidine groups is 1. The van der Waals surface area contributed by atoms with Gasteiger partial charge >= 0.3 is 0 Å². The Balaban J connectivity index is 1.96. The molecular formula is C22H31N3OS. The Labute approximate surface area is 167 Å². The highest BCUT2D eigenvalue weighted by molar-refractivity contribution is 8.18. The Hall–Kier alpha value is -1.75. The van der Waals surface area contributed by atoms with Crippen LogP contribution in [0.15, 0.2) is 28.1 Å². The molecule has 1 amide bonds. The van der Waals surface area contributed by atoms with Crippen molar-refractivity contribution in [2.24, 2.45) is 4.99 Å². The molecule has 2 aliphatic rings. The van der Waals surface area contributed by atoms with E-state index in [2.05, 4.69) is 55.8 Å². The van der Waals surface area contributed by atoms with Crippen LogP contribution in [0, 0.1) is 0 Å². The van der Waals surface area contributed by atoms with Crippen molar-refractivity contribution in [2.75, 3.05) is 24.5 Å². The van der Waals surface area contributed by atoms with E-state index in [1.54, 1.807) is 4.90 Å². The summed E-state index contributed by atoms with van der Waals surface area (Å²) in [4.78, 5) is 22.2. The predicted molar refractivity (Wildman–Crippen MR) is 118 cm³/mol. The average Bonchev–Trinajstić information content (AvgIpc) is 2.90. The molecule has 1 aromatic rings. The number of carbonyl (C=O) groups excluding carboxylic acids is 1. The van der Waals surface area contributed by atoms with Crippen molar-refractivity contribution in [3.05, 3.63) is 34.2 Å². The fraction of sp³-hybridized carbons (Fsp3) is 0.545. The number of rotatable bonds is 4. The lowest BCUT2D eigenvalue weighted by molar-refractivity contribution is -0.122. The molecule has 2 heterocycles. The van der Waals surface area contributed by atoms with Gasteiger partial charge < -0.3 is 4.90 Å². The molecule has 0 spiro atoms. The highest BCUT2D eigenvalue weighted by atomic mass is 32.2. The number of benzene rings is 1. The number of carbonyl (C=O) groups is 1. The van der Waals surface area contributed by atoms with E-state index in [0.717, 1.165) is 28.6 Å². The Morgan fingerprint density at radius 3 is 2.63 bits per heavy atom. The Kier molecular flexibility index (Phi) is 5.71. The van der Waals surface area contributed by atoms with E-state index < -0.39 is 0 Å². The van der Waals surface area contributed by atoms with Crippen LogP contribution in [0.2, 0.25) is 0 Å². The maximum atomic E-state index is 12.7. The summed E-state index contributed by atoms with van der Waals surface area (Å²) in [7, 11) is 0. The zero-order chi connectivity index (χ0) is 19.8. The Morgan fingerprint density at radius 1 is 1.26 bits per heavy atom. The molecule has 1 atom stereocenters. The summed E-state index contributed by atoms with van der Waals surface area (Å²) in [5.41, 5.74) is 3.99. The number of anilines is 1. The van der Waals surface area contributed by atoms with E-state index >= 15 is 0 Å². The molecule has 2 aliphatic heterocycles. The standard InChI is InChI=1S/C22H31N3OS/c1-7-23-21-24(8-2)20(26)19(27-21)13-16-10-11-18-17(12-16)15(4)14-22(5,6)25(18)9-3/h10-13,15H,7-9,14H2,1-6H3/b19-13-,23-21?/t15-/m1/s1. The first kappa shape index (κ1) is 20.0. The normalized spacial score (nSPS) is 24.8. The monoisotopic (exact) mass is 385 g/mol. The van der Waals surface area contributed by atoms with Crippen molar-refractivity contribution >= 4 is 34.6 Å². The highest BCUT2D eigenvalue weighted by Crippen LogP contribution is 2.44. The van der Waals surface area contributed by atoms with Gasteiger partial charge in [-0.05, 0) is 88.1 Å². The van der Waals surface area contributed by atoms with Crippen LogP contribution in [0.3, 0.4) is 0 Å². The van der Waals surface area contributed by atoms with Gasteiger partial charge in [0.05, 0.1) is 4.91 Å². The van der Waals surface area contributed by atoms with Gasteiger partial charge in [0.1, 0.15) is 0 Å². The van der Waals surface area contributed by atoms with Crippen LogP contribution < -0.4 is 4.90 Å². The van der Waals surface area contributed by atoms with Crippen molar-refractivity contribution in [2.45, 2.75) is 59.4 Å². The molecule has 0 aromatic heterocycles. The van der Waals surface area contributed by atoms with Crippen LogP contribution >= 0.6 is 11.8 Å². The minimum atomic E-state index is 0.0665. The third-order valence-corrected chi connectivity index (χ3v) is 6.57. The number of likely N-dealkylation sites (N-methyl/N-ethyl adjacent to an activating group) is 1. The molecule has 0 saturated carbocycles. The number of hydrogen-bond acceptors (Lipinski definition) is 4. The first-order valence-corrected chi connectivity index (χ1v) is 10.8. The molecule has 3 rings (SSSR count). The van der Waals surface area contributed by atoms with Gasteiger partial charge in [0.2, 0.25) is 0 Å². The summed E-state index contributed by atoms with van der Waals surface area (Å²) in [5, 5.41) is 0.821. The SMILES string of the molecule is CCN=C1S/C(=C\c2ccc3c(c2)[C@H](C)CC(C)(C)N3CC)C(=O)N1CC. The van der Waals surface area contributed by atoms with Crippen molar-refractivity contribution in [1.29, 1.82) is 0 Å². The molecule has 1 fully saturated rings. The van der Waals surface area contributed by atoms with Crippen LogP contribution in [-0.4, -0.2) is 41.1 Å². The van der Waals surface area contributed by atoms with E-state index in [4.69, 9.17) is 0 Å². The molecule has 5 heteroatoms. The molecule has 1 aromatic carbocycles. The highest BCUT2D eigenvalue weighted by Gasteiger charge is 2.36. The number of thioether (sulfide) groups is 1. The van der Waals surface area contributed by atoms with Gasteiger partial charge in [-0.3, -0.25) is 14.7 Å². The van der Waals surface area contributed by atoms with E-state index in [9.17, 15) is 4.79 Å². The maximum absolute atomic E-state index is 12.7. The van der Waals surface area contributed by atoms with Gasteiger partial charge in [-0.2, -0.15) is 0 Å². The minimum absolute atomic E-state index is 0.0665. The molecule has 1 saturated heterocycles. The molecule has 0 N–H and O–H groups in total. The summed E-state index contributed by atoms with van der Waals surface area (Å²) in [6.45, 7) is 15.5. The first-order valence-electron chi connectivity index (χ1n) is 9.99. The molecule has 0 unspecified atom stereocenters. The quantitative estimate of drug-likeness (QED) is 0.676. The van der Waals surface area contributed by atoms with Crippen LogP contribution in [0.5, 0.6) is 0 Å². The van der Waals surface area contributed by atoms with Gasteiger partial charge in [-0.1, -0.05) is 13.0 Å². The Morgan fingerprint density at radius 2 is 2.00 bits per heavy atom. The van der Waals surface area contributed by atoms with Crippen molar-refractivity contribution in [1.82, 2.24) is 4.90 Å². The van der Waals surface area contributed by atoms with E-state index in [1.165, 1.54) is 23.0 Å². The van der Waals surface area contributed by atoms with Gasteiger partial charge in [0.25, 0.3) is 5.91 Å². The third kappa shape index (κ3) is 3.66. The molecular weight excluding hydrogens is 354 g/mol. The van der Waals surface area contributed by atoms with Crippen LogP contribution in [0.4, 0.5) is 5.69 Å². The number of aliphatic imine (C=N–C) groups is 1. The predicted octanol–water partition coefficient (Wildman–Crippen LogP) is 5.11. The first-order chi connectivity index (χ1) is 12.8. The molecule has 146 valence electrons. The number of nitrogens with zero attached hydrogens (tertiary/aromatic N) is 3. The zero-order valence-electron chi connectivity index (χ0n) is 17.4. The fourth-order valence-corrected chi connectivity index (χ4v) is 5.49. The number of amides is 1. The largest absolute Gasteiger partial charge is 0.366 e. The zero-order valence-corrected chi connectivity index (χ0v) is 18.2. The summed E-state index contributed by atoms with van der Waals surface area (Å²) in [5.74, 6) is 0.573. The summed E-state index contributed by atoms with van der Waals surface area (Å²) < 4.78 is 0. The van der Waals surface area contributed by atoms with Gasteiger partial charge in [0, 0.05) is 30.9 Å². The van der Waals surface area contributed by atoms with Gasteiger partial charge in [-0.25, -0.2) is 0 Å². The van der Waals surface area contributed by atoms with Gasteiger partial charge in [-0.15, -0.1) is 0 Å². The lowest BCUT2D eigenvalue weighted by Crippen LogP contribution is -2.48. The summed E-state index contributed by atoms with van der Waals surface area (Å²) in [6.07, 6.45) is 3.16. The van der Waals surface area contributed by atoms with Crippen LogP contribution in [-0.2, 0) is 4.79 Å². The molecule has 0 bridgehead atoms. The number of hydrogen-bond donors (Lipinski definition) is 0. The second kappa shape index (κ2) is 7.70. The summed E-state index contributed by atoms with van der Waals surface area (Å²) in [6, 6.07) is 6.64. The second-order valence-corrected chi connectivity index (χ2v) is 8.91. The third-order valence-electron chi connectivity index (χ3n) is 5.52. The molecule has 4 nitrogen and oxygen atoms in total. The lowest BCUT2D eigenvalue weighted by Gasteiger charge is -2.47. The minimum Gasteiger partial charge on any atom is -0.366 e. The van der Waals surface area contributed by atoms with E-state index in [1.807, 2.05) is 19.9 Å². The topological polar surface area (TPSA) is 35.9 Å². The average molecular weight is 386 g/mol. The van der Waals surface area contributed by atoms with Crippen LogP contribution in [0.1, 0.15) is 65.0 Å². The summed E-state index contributed by atoms with van der Waals surface area (Å²) >= 11 is 1.49. The fourth-order valence-electron chi connectivity index (χ4n) is 4.39. The number of fused-ring (bicyclic) bond motifs is 1. The van der Waals surface area contributed by atoms with E-state index in [-0.39, 0.29) is 11.4 Å². The van der Waals surface area contributed by atoms with Crippen LogP contribution in [0.25, 0.3) is 6.08 Å². The smallest absolute Gasteiger partial charge is 0.266 e. The molecule has 0 radical (unpaired) electrons. The maximum Gasteiger partial charge on any atom is 0.266 e. The van der Waals surface area contributed by atoms with E-state index in [0.29, 0.717) is 19.0 Å². The van der Waals surface area contributed by atoms with Crippen molar-refractivity contribution in [3.63, 3.8) is 0 Å². The lowest BCUT2D eigenvalue weighted by atomic mass is 9.79. The van der Waals surface area contributed by atoms with Crippen molar-refractivity contribution in [3.8, 4) is 0 Å². The van der Waals surface area contributed by atoms with Crippen molar-refractivity contribution < 1.29 is 4.79 Å². The molecule has 0 aliphatic carbocycles.